The number of aliphatic carboxylic acids is 3. The van der Waals surface area contributed by atoms with E-state index in [0.717, 1.165) is 32.1 Å². The van der Waals surface area contributed by atoms with Gasteiger partial charge in [0.1, 0.15) is 0 Å². The van der Waals surface area contributed by atoms with Crippen LogP contribution in [0.4, 0.5) is 0 Å². The van der Waals surface area contributed by atoms with Crippen LogP contribution in [0, 0.1) is 0 Å². The van der Waals surface area contributed by atoms with Crippen molar-refractivity contribution in [3.8, 4) is 0 Å². The maximum Gasteiger partial charge on any atom is 0.362 e. The molecule has 0 saturated heterocycles. The Morgan fingerprint density at radius 1 is 0.526 bits per heavy atom. The van der Waals surface area contributed by atoms with Gasteiger partial charge in [-0.15, -0.1) is 0 Å². The molecule has 0 bridgehead atoms. The maximum absolute atomic E-state index is 12.5. The van der Waals surface area contributed by atoms with Crippen LogP contribution in [0.3, 0.4) is 0 Å². The van der Waals surface area contributed by atoms with E-state index in [4.69, 9.17) is 0 Å². The second-order valence-electron chi connectivity index (χ2n) is 10.9. The third-order valence-electron chi connectivity index (χ3n) is 7.84. The van der Waals surface area contributed by atoms with E-state index in [1.54, 1.807) is 0 Å². The monoisotopic (exact) mass is 540 g/mol. The van der Waals surface area contributed by atoms with Crippen molar-refractivity contribution in [3.63, 3.8) is 0 Å². The Kier molecular flexibility index (Phi) is 20.9. The smallest absolute Gasteiger partial charge is 0.362 e. The zero-order chi connectivity index (χ0) is 28.8. The standard InChI is InChI=1S/C31H57NO6/c1-5-9-10-11-12-13-14-15-16-17-18-19-20-21-25-32(26(22-6-2)29(33)34,27(23-7-3)30(35)36)28(24-8-4)31(37)38/h12-13,26-28H,5-11,14-25H2,1-4H3,(H2-,33,34,35,36,37,38)/p+1/b13-12+. The summed E-state index contributed by atoms with van der Waals surface area (Å²) in [6.45, 7) is 8.11. The van der Waals surface area contributed by atoms with Gasteiger partial charge >= 0.3 is 17.9 Å². The highest BCUT2D eigenvalue weighted by molar-refractivity contribution is 5.78. The Labute approximate surface area is 232 Å². The first kappa shape index (κ1) is 36.1. The molecule has 222 valence electrons. The van der Waals surface area contributed by atoms with Gasteiger partial charge in [0, 0.05) is 19.3 Å². The summed E-state index contributed by atoms with van der Waals surface area (Å²) in [5, 5.41) is 30.7. The molecule has 0 aliphatic heterocycles. The Hall–Kier alpha value is -1.89. The van der Waals surface area contributed by atoms with Gasteiger partial charge in [-0.3, -0.25) is 4.48 Å². The minimum atomic E-state index is -1.09. The molecule has 0 heterocycles. The van der Waals surface area contributed by atoms with E-state index in [1.165, 1.54) is 38.5 Å². The number of hydrogen-bond acceptors (Lipinski definition) is 3. The molecule has 3 N–H and O–H groups in total. The van der Waals surface area contributed by atoms with Crippen molar-refractivity contribution in [2.45, 2.75) is 161 Å². The Bertz CT molecular complexity index is 617. The van der Waals surface area contributed by atoms with Crippen LogP contribution < -0.4 is 0 Å². The zero-order valence-electron chi connectivity index (χ0n) is 24.8. The van der Waals surface area contributed by atoms with Crippen molar-refractivity contribution in [1.29, 1.82) is 0 Å². The zero-order valence-corrected chi connectivity index (χ0v) is 24.8. The average Bonchev–Trinajstić information content (AvgIpc) is 2.87. The SMILES string of the molecule is CCCCC/C=C/CCCCCCCCC[N+](C(CCC)C(=O)O)(C(CCC)C(=O)O)C(CCC)C(=O)O. The van der Waals surface area contributed by atoms with Gasteiger partial charge in [0.15, 0.2) is 18.1 Å². The van der Waals surface area contributed by atoms with Crippen molar-refractivity contribution in [3.05, 3.63) is 12.2 Å². The molecule has 3 unspecified atom stereocenters. The van der Waals surface area contributed by atoms with E-state index >= 15 is 0 Å². The summed E-state index contributed by atoms with van der Waals surface area (Å²) in [4.78, 5) is 37.6. The minimum absolute atomic E-state index is 0.267. The molecule has 0 aliphatic carbocycles. The number of carboxylic acids is 3. The highest BCUT2D eigenvalue weighted by atomic mass is 16.4. The summed E-state index contributed by atoms with van der Waals surface area (Å²) in [6, 6.07) is -3.14. The number of nitrogens with zero attached hydrogens (tertiary/aromatic N) is 1. The molecule has 0 saturated carbocycles. The highest BCUT2D eigenvalue weighted by Gasteiger charge is 2.56. The highest BCUT2D eigenvalue weighted by Crippen LogP contribution is 2.34. The lowest BCUT2D eigenvalue weighted by molar-refractivity contribution is -0.973. The van der Waals surface area contributed by atoms with E-state index in [9.17, 15) is 29.7 Å². The van der Waals surface area contributed by atoms with E-state index in [0.29, 0.717) is 25.7 Å². The molecule has 7 heteroatoms. The fourth-order valence-corrected chi connectivity index (χ4v) is 5.93. The van der Waals surface area contributed by atoms with Gasteiger partial charge in [-0.25, -0.2) is 14.4 Å². The molecule has 0 amide bonds. The summed E-state index contributed by atoms with van der Waals surface area (Å²) in [5.41, 5.74) is 0. The lowest BCUT2D eigenvalue weighted by Crippen LogP contribution is -2.72. The topological polar surface area (TPSA) is 112 Å². The molecule has 3 atom stereocenters. The maximum atomic E-state index is 12.5. The normalized spacial score (nSPS) is 15.7. The van der Waals surface area contributed by atoms with Gasteiger partial charge in [-0.05, 0) is 57.8 Å². The molecular formula is C31H58NO6+. The van der Waals surface area contributed by atoms with Crippen LogP contribution >= 0.6 is 0 Å². The molecule has 0 radical (unpaired) electrons. The lowest BCUT2D eigenvalue weighted by atomic mass is 9.91. The summed E-state index contributed by atoms with van der Waals surface area (Å²) < 4.78 is -0.375. The Balaban J connectivity index is 5.35. The Morgan fingerprint density at radius 2 is 0.868 bits per heavy atom. The first-order chi connectivity index (χ1) is 18.2. The molecule has 0 spiro atoms. The minimum Gasteiger partial charge on any atom is -0.477 e. The predicted octanol–water partition coefficient (Wildman–Crippen LogP) is 7.82. The fourth-order valence-electron chi connectivity index (χ4n) is 5.93. The van der Waals surface area contributed by atoms with Crippen LogP contribution in [0.15, 0.2) is 12.2 Å². The Morgan fingerprint density at radius 3 is 1.21 bits per heavy atom. The second-order valence-corrected chi connectivity index (χ2v) is 10.9. The fraction of sp³-hybridized carbons (Fsp3) is 0.839. The first-order valence-corrected chi connectivity index (χ1v) is 15.4. The van der Waals surface area contributed by atoms with E-state index < -0.39 is 36.0 Å². The molecule has 7 nitrogen and oxygen atoms in total. The van der Waals surface area contributed by atoms with Crippen molar-refractivity contribution >= 4 is 17.9 Å². The van der Waals surface area contributed by atoms with Crippen LogP contribution in [0.5, 0.6) is 0 Å². The number of rotatable bonds is 26. The summed E-state index contributed by atoms with van der Waals surface area (Å²) in [6.07, 6.45) is 20.3. The number of allylic oxidation sites excluding steroid dienone is 2. The molecule has 0 rings (SSSR count). The van der Waals surface area contributed by atoms with Crippen molar-refractivity contribution in [1.82, 2.24) is 0 Å². The summed E-state index contributed by atoms with van der Waals surface area (Å²) in [7, 11) is 0. The molecule has 0 aromatic heterocycles. The number of carbonyl (C=O) groups is 3. The van der Waals surface area contributed by atoms with Gasteiger partial charge in [0.2, 0.25) is 0 Å². The lowest BCUT2D eigenvalue weighted by Gasteiger charge is -2.50. The molecule has 0 aliphatic rings. The third kappa shape index (κ3) is 12.8. The van der Waals surface area contributed by atoms with Crippen LogP contribution in [0.2, 0.25) is 0 Å². The largest absolute Gasteiger partial charge is 0.477 e. The number of quaternary nitrogens is 1. The quantitative estimate of drug-likeness (QED) is 0.0586. The first-order valence-electron chi connectivity index (χ1n) is 15.4. The van der Waals surface area contributed by atoms with E-state index in [2.05, 4.69) is 19.1 Å². The number of carboxylic acid groups (broad SMARTS) is 3. The molecular weight excluding hydrogens is 482 g/mol. The third-order valence-corrected chi connectivity index (χ3v) is 7.84. The van der Waals surface area contributed by atoms with Crippen molar-refractivity contribution < 1.29 is 34.2 Å². The van der Waals surface area contributed by atoms with Crippen LogP contribution in [0.1, 0.15) is 143 Å². The average molecular weight is 541 g/mol. The van der Waals surface area contributed by atoms with Crippen LogP contribution in [-0.4, -0.2) is 62.4 Å². The van der Waals surface area contributed by atoms with Gasteiger partial charge in [0.25, 0.3) is 0 Å². The second kappa shape index (κ2) is 22.0. The van der Waals surface area contributed by atoms with Crippen molar-refractivity contribution in [2.24, 2.45) is 0 Å². The van der Waals surface area contributed by atoms with Crippen LogP contribution in [0.25, 0.3) is 0 Å². The number of hydrogen-bond donors (Lipinski definition) is 3. The van der Waals surface area contributed by atoms with Gasteiger partial charge in [-0.2, -0.15) is 0 Å². The number of unbranched alkanes of at least 4 members (excludes halogenated alkanes) is 10. The molecule has 0 aromatic rings. The van der Waals surface area contributed by atoms with Gasteiger partial charge < -0.3 is 15.3 Å². The molecule has 38 heavy (non-hydrogen) atoms. The van der Waals surface area contributed by atoms with E-state index in [-0.39, 0.29) is 30.3 Å². The molecule has 0 aromatic carbocycles. The van der Waals surface area contributed by atoms with E-state index in [1.807, 2.05) is 20.8 Å². The summed E-state index contributed by atoms with van der Waals surface area (Å²) in [5.74, 6) is -3.26. The van der Waals surface area contributed by atoms with Crippen molar-refractivity contribution in [2.75, 3.05) is 6.54 Å². The summed E-state index contributed by atoms with van der Waals surface area (Å²) >= 11 is 0. The predicted molar refractivity (Wildman–Crippen MR) is 154 cm³/mol. The van der Waals surface area contributed by atoms with Gasteiger partial charge in [0.05, 0.1) is 6.54 Å². The van der Waals surface area contributed by atoms with Crippen LogP contribution in [-0.2, 0) is 14.4 Å². The molecule has 0 fully saturated rings. The van der Waals surface area contributed by atoms with Gasteiger partial charge in [-0.1, -0.05) is 78.4 Å².